The minimum Gasteiger partial charge on any atom is -0.550 e. The molecule has 0 unspecified atom stereocenters. The largest absolute Gasteiger partial charge is 2.00 e. The zero-order valence-electron chi connectivity index (χ0n) is 14.5. The number of rotatable bonds is 6. The van der Waals surface area contributed by atoms with Gasteiger partial charge in [-0.15, -0.1) is 0 Å². The number of benzene rings is 2. The second-order valence-corrected chi connectivity index (χ2v) is 5.95. The molecular formula is C18H10Cl2F2MgO6. The first kappa shape index (κ1) is 26.9. The van der Waals surface area contributed by atoms with E-state index in [1.165, 1.54) is 24.3 Å². The first-order chi connectivity index (χ1) is 13.0. The van der Waals surface area contributed by atoms with E-state index in [1.54, 1.807) is 0 Å². The summed E-state index contributed by atoms with van der Waals surface area (Å²) in [7, 11) is 0. The average Bonchev–Trinajstić information content (AvgIpc) is 2.53. The smallest absolute Gasteiger partial charge is 0.550 e. The summed E-state index contributed by atoms with van der Waals surface area (Å²) in [6.07, 6.45) is -1.75. The summed E-state index contributed by atoms with van der Waals surface area (Å²) in [5.41, 5.74) is -0.809. The van der Waals surface area contributed by atoms with Crippen molar-refractivity contribution in [2.24, 2.45) is 0 Å². The van der Waals surface area contributed by atoms with Crippen LogP contribution in [0, 0.1) is 11.6 Å². The van der Waals surface area contributed by atoms with Crippen LogP contribution in [0.15, 0.2) is 36.4 Å². The Hall–Kier alpha value is -2.07. The van der Waals surface area contributed by atoms with Gasteiger partial charge >= 0.3 is 23.1 Å². The minimum absolute atomic E-state index is 0. The van der Waals surface area contributed by atoms with Crippen molar-refractivity contribution in [1.29, 1.82) is 0 Å². The van der Waals surface area contributed by atoms with Crippen molar-refractivity contribution in [3.63, 3.8) is 0 Å². The molecule has 0 bridgehead atoms. The van der Waals surface area contributed by atoms with E-state index in [0.29, 0.717) is 0 Å². The van der Waals surface area contributed by atoms with Crippen LogP contribution in [0.3, 0.4) is 0 Å². The Morgan fingerprint density at radius 3 is 1.28 bits per heavy atom. The van der Waals surface area contributed by atoms with Gasteiger partial charge in [-0.2, -0.15) is 0 Å². The molecule has 2 aromatic carbocycles. The number of hydrogen-bond donors (Lipinski definition) is 0. The maximum Gasteiger partial charge on any atom is 2.00 e. The molecule has 0 aliphatic rings. The normalized spacial score (nSPS) is 9.52. The van der Waals surface area contributed by atoms with Gasteiger partial charge in [0.25, 0.3) is 0 Å². The van der Waals surface area contributed by atoms with Crippen LogP contribution in [0.5, 0.6) is 0 Å². The van der Waals surface area contributed by atoms with Crippen LogP contribution in [-0.2, 0) is 9.59 Å². The number of carbonyl (C=O) groups is 4. The quantitative estimate of drug-likeness (QED) is 0.368. The molecule has 0 saturated heterocycles. The Kier molecular flexibility index (Phi) is 11.6. The number of hydrogen-bond acceptors (Lipinski definition) is 6. The number of halogens is 4. The van der Waals surface area contributed by atoms with Crippen molar-refractivity contribution >= 4 is 69.8 Å². The number of carbonyl (C=O) groups excluding carboxylic acids is 4. The summed E-state index contributed by atoms with van der Waals surface area (Å²) in [6.45, 7) is 0. The van der Waals surface area contributed by atoms with Crippen LogP contribution in [0.25, 0.3) is 0 Å². The molecule has 0 saturated carbocycles. The number of aliphatic carboxylic acids is 2. The van der Waals surface area contributed by atoms with Gasteiger partial charge in [0, 0.05) is 11.9 Å². The summed E-state index contributed by atoms with van der Waals surface area (Å²) < 4.78 is 26.1. The zero-order valence-corrected chi connectivity index (χ0v) is 17.5. The van der Waals surface area contributed by atoms with Gasteiger partial charge in [0.1, 0.15) is 11.6 Å². The summed E-state index contributed by atoms with van der Waals surface area (Å²) >= 11 is 11.1. The van der Waals surface area contributed by atoms with Crippen LogP contribution < -0.4 is 10.2 Å². The van der Waals surface area contributed by atoms with E-state index >= 15 is 0 Å². The summed E-state index contributed by atoms with van der Waals surface area (Å²) in [5, 5.41) is 20.0. The fraction of sp³-hybridized carbons (Fsp3) is 0.111. The first-order valence-electron chi connectivity index (χ1n) is 7.38. The maximum absolute atomic E-state index is 13.0. The van der Waals surface area contributed by atoms with Crippen molar-refractivity contribution in [1.82, 2.24) is 0 Å². The van der Waals surface area contributed by atoms with Gasteiger partial charge in [-0.3, -0.25) is 9.59 Å². The van der Waals surface area contributed by atoms with Crippen molar-refractivity contribution in [3.05, 3.63) is 69.2 Å². The van der Waals surface area contributed by atoms with Gasteiger partial charge in [0.2, 0.25) is 0 Å². The Bertz CT molecular complexity index is 821. The van der Waals surface area contributed by atoms with Gasteiger partial charge in [0.05, 0.1) is 34.0 Å². The molecule has 0 aliphatic carbocycles. The van der Waals surface area contributed by atoms with Crippen molar-refractivity contribution in [2.75, 3.05) is 0 Å². The van der Waals surface area contributed by atoms with E-state index < -0.39 is 59.1 Å². The van der Waals surface area contributed by atoms with Crippen molar-refractivity contribution < 1.29 is 38.2 Å². The number of Topliss-reactive ketones (excluding diaryl/α,β-unsaturated/α-hetero) is 2. The number of carboxylic acids is 2. The van der Waals surface area contributed by atoms with Crippen molar-refractivity contribution in [3.8, 4) is 0 Å². The summed E-state index contributed by atoms with van der Waals surface area (Å²) in [5.74, 6) is -6.57. The first-order valence-corrected chi connectivity index (χ1v) is 8.14. The van der Waals surface area contributed by atoms with Gasteiger partial charge in [-0.1, -0.05) is 35.3 Å². The Balaban J connectivity index is 0.000000523. The third-order valence-electron chi connectivity index (χ3n) is 3.09. The molecule has 0 aliphatic heterocycles. The second kappa shape index (κ2) is 12.5. The molecule has 0 aromatic heterocycles. The van der Waals surface area contributed by atoms with Gasteiger partial charge < -0.3 is 19.8 Å². The van der Waals surface area contributed by atoms with Crippen LogP contribution in [0.2, 0.25) is 10.0 Å². The fourth-order valence-electron chi connectivity index (χ4n) is 1.97. The molecule has 29 heavy (non-hydrogen) atoms. The maximum atomic E-state index is 13.0. The molecule has 0 atom stereocenters. The summed E-state index contributed by atoms with van der Waals surface area (Å²) in [6, 6.07) is 7.35. The van der Waals surface area contributed by atoms with E-state index in [2.05, 4.69) is 0 Å². The molecular weight excluding hydrogens is 445 g/mol. The molecule has 148 valence electrons. The SMILES string of the molecule is O=C([O-])CC(=O)c1c(F)cccc1Cl.O=C([O-])CC(=O)c1c(F)cccc1Cl.[Mg+2]. The van der Waals surface area contributed by atoms with E-state index in [1.807, 2.05) is 0 Å². The third kappa shape index (κ3) is 8.44. The van der Waals surface area contributed by atoms with Crippen LogP contribution >= 0.6 is 23.2 Å². The molecule has 0 spiro atoms. The van der Waals surface area contributed by atoms with E-state index in [-0.39, 0.29) is 33.1 Å². The third-order valence-corrected chi connectivity index (χ3v) is 3.72. The monoisotopic (exact) mass is 454 g/mol. The Labute approximate surface area is 189 Å². The van der Waals surface area contributed by atoms with Crippen molar-refractivity contribution in [2.45, 2.75) is 12.8 Å². The van der Waals surface area contributed by atoms with Gasteiger partial charge in [0.15, 0.2) is 11.6 Å². The van der Waals surface area contributed by atoms with E-state index in [4.69, 9.17) is 23.2 Å². The van der Waals surface area contributed by atoms with E-state index in [0.717, 1.165) is 12.1 Å². The topological polar surface area (TPSA) is 114 Å². The Morgan fingerprint density at radius 2 is 1.03 bits per heavy atom. The number of carboxylic acid groups (broad SMARTS) is 2. The zero-order chi connectivity index (χ0) is 21.4. The Morgan fingerprint density at radius 1 is 0.724 bits per heavy atom. The second-order valence-electron chi connectivity index (χ2n) is 5.14. The average molecular weight is 455 g/mol. The molecule has 0 fully saturated rings. The molecule has 0 amide bonds. The standard InChI is InChI=1S/2C9H6ClFO3.Mg/c2*10-5-2-1-3-6(11)9(5)7(12)4-8(13)14;/h2*1-3H,4H2,(H,13,14);/q;;+2/p-2. The van der Waals surface area contributed by atoms with Crippen LogP contribution in [0.1, 0.15) is 33.6 Å². The van der Waals surface area contributed by atoms with Gasteiger partial charge in [-0.25, -0.2) is 8.78 Å². The number of ketones is 2. The predicted molar refractivity (Wildman–Crippen MR) is 96.5 cm³/mol. The molecule has 0 radical (unpaired) electrons. The molecule has 6 nitrogen and oxygen atoms in total. The van der Waals surface area contributed by atoms with Gasteiger partial charge in [-0.05, 0) is 24.3 Å². The van der Waals surface area contributed by atoms with E-state index in [9.17, 15) is 38.2 Å². The molecule has 2 rings (SSSR count). The molecule has 0 heterocycles. The molecule has 11 heteroatoms. The fourth-order valence-corrected chi connectivity index (χ4v) is 2.50. The predicted octanol–water partition coefficient (Wildman–Crippen LogP) is 1.22. The molecule has 2 aromatic rings. The minimum atomic E-state index is -1.56. The summed E-state index contributed by atoms with van der Waals surface area (Å²) in [4.78, 5) is 42.5. The van der Waals surface area contributed by atoms with Crippen LogP contribution in [-0.4, -0.2) is 46.6 Å². The van der Waals surface area contributed by atoms with Crippen LogP contribution in [0.4, 0.5) is 8.78 Å². The molecule has 0 N–H and O–H groups in total.